The minimum atomic E-state index is -0.504. The molecule has 1 unspecified atom stereocenters. The molecule has 1 fully saturated rings. The molecular formula is C16H22Cl2N2O2. The smallest absolute Gasteiger partial charge is 0.410 e. The fourth-order valence-corrected chi connectivity index (χ4v) is 2.86. The summed E-state index contributed by atoms with van der Waals surface area (Å²) in [4.78, 5) is 13.9. The normalized spacial score (nSPS) is 22.5. The second-order valence-electron chi connectivity index (χ2n) is 6.66. The maximum Gasteiger partial charge on any atom is 0.410 e. The highest BCUT2D eigenvalue weighted by molar-refractivity contribution is 6.42. The van der Waals surface area contributed by atoms with Gasteiger partial charge in [0, 0.05) is 25.0 Å². The molecule has 0 bridgehead atoms. The van der Waals surface area contributed by atoms with Gasteiger partial charge >= 0.3 is 6.09 Å². The van der Waals surface area contributed by atoms with Crippen LogP contribution < -0.4 is 5.73 Å². The van der Waals surface area contributed by atoms with Gasteiger partial charge in [0.25, 0.3) is 0 Å². The van der Waals surface area contributed by atoms with Gasteiger partial charge in [-0.2, -0.15) is 0 Å². The van der Waals surface area contributed by atoms with Gasteiger partial charge in [0.05, 0.1) is 10.0 Å². The van der Waals surface area contributed by atoms with E-state index in [9.17, 15) is 4.79 Å². The number of piperidine rings is 1. The first kappa shape index (κ1) is 17.4. The maximum atomic E-state index is 12.2. The summed E-state index contributed by atoms with van der Waals surface area (Å²) in [7, 11) is 0. The molecule has 1 heterocycles. The van der Waals surface area contributed by atoms with Crippen molar-refractivity contribution in [3.05, 3.63) is 33.8 Å². The van der Waals surface area contributed by atoms with Gasteiger partial charge in [0.15, 0.2) is 0 Å². The van der Waals surface area contributed by atoms with Crippen molar-refractivity contribution in [3.8, 4) is 0 Å². The molecule has 0 saturated carbocycles. The van der Waals surface area contributed by atoms with E-state index in [1.54, 1.807) is 11.0 Å². The molecule has 22 heavy (non-hydrogen) atoms. The summed E-state index contributed by atoms with van der Waals surface area (Å²) in [6.45, 7) is 6.70. The molecule has 0 radical (unpaired) electrons. The Balaban J connectivity index is 2.14. The quantitative estimate of drug-likeness (QED) is 0.836. The maximum absolute atomic E-state index is 12.2. The van der Waals surface area contributed by atoms with E-state index in [4.69, 9.17) is 33.7 Å². The van der Waals surface area contributed by atoms with E-state index in [2.05, 4.69) is 0 Å². The van der Waals surface area contributed by atoms with E-state index >= 15 is 0 Å². The minimum absolute atomic E-state index is 0.0177. The number of hydrogen-bond acceptors (Lipinski definition) is 3. The van der Waals surface area contributed by atoms with Crippen molar-refractivity contribution >= 4 is 29.3 Å². The van der Waals surface area contributed by atoms with Crippen LogP contribution in [0.25, 0.3) is 0 Å². The molecule has 1 saturated heterocycles. The van der Waals surface area contributed by atoms with Gasteiger partial charge in [0.2, 0.25) is 0 Å². The molecule has 122 valence electrons. The second kappa shape index (κ2) is 6.65. The zero-order valence-corrected chi connectivity index (χ0v) is 14.6. The van der Waals surface area contributed by atoms with Gasteiger partial charge in [0.1, 0.15) is 5.60 Å². The van der Waals surface area contributed by atoms with E-state index in [0.29, 0.717) is 23.1 Å². The second-order valence-corrected chi connectivity index (χ2v) is 7.47. The highest BCUT2D eigenvalue weighted by Crippen LogP contribution is 2.31. The first-order valence-electron chi connectivity index (χ1n) is 7.36. The number of carbonyl (C=O) groups excluding carboxylic acids is 1. The predicted octanol–water partition coefficient (Wildman–Crippen LogP) is 4.05. The van der Waals surface area contributed by atoms with Crippen molar-refractivity contribution < 1.29 is 9.53 Å². The summed E-state index contributed by atoms with van der Waals surface area (Å²) in [5, 5.41) is 1.01. The minimum Gasteiger partial charge on any atom is -0.444 e. The monoisotopic (exact) mass is 344 g/mol. The highest BCUT2D eigenvalue weighted by Gasteiger charge is 2.32. The number of halogens is 2. The number of benzene rings is 1. The van der Waals surface area contributed by atoms with Gasteiger partial charge in [-0.1, -0.05) is 29.3 Å². The van der Waals surface area contributed by atoms with Crippen LogP contribution in [0.3, 0.4) is 0 Å². The molecular weight excluding hydrogens is 323 g/mol. The Bertz CT molecular complexity index is 558. The molecule has 0 spiro atoms. The van der Waals surface area contributed by atoms with Gasteiger partial charge in [-0.05, 0) is 44.9 Å². The van der Waals surface area contributed by atoms with Gasteiger partial charge in [-0.15, -0.1) is 0 Å². The van der Waals surface area contributed by atoms with Crippen LogP contribution in [0, 0.1) is 0 Å². The molecule has 1 aromatic rings. The molecule has 0 aromatic heterocycles. The third-order valence-electron chi connectivity index (χ3n) is 3.69. The lowest BCUT2D eigenvalue weighted by molar-refractivity contribution is 0.0186. The molecule has 1 aliphatic rings. The Morgan fingerprint density at radius 2 is 2.00 bits per heavy atom. The van der Waals surface area contributed by atoms with Crippen LogP contribution in [0.2, 0.25) is 10.0 Å². The first-order valence-corrected chi connectivity index (χ1v) is 8.11. The fourth-order valence-electron chi connectivity index (χ4n) is 2.56. The van der Waals surface area contributed by atoms with Crippen molar-refractivity contribution in [1.29, 1.82) is 0 Å². The average molecular weight is 345 g/mol. The summed E-state index contributed by atoms with van der Waals surface area (Å²) in [6, 6.07) is 5.49. The van der Waals surface area contributed by atoms with E-state index < -0.39 is 5.60 Å². The molecule has 2 rings (SSSR count). The first-order chi connectivity index (χ1) is 10.2. The van der Waals surface area contributed by atoms with Crippen LogP contribution in [0.5, 0.6) is 0 Å². The Morgan fingerprint density at radius 3 is 2.59 bits per heavy atom. The van der Waals surface area contributed by atoms with Gasteiger partial charge in [-0.25, -0.2) is 4.79 Å². The topological polar surface area (TPSA) is 55.6 Å². The van der Waals surface area contributed by atoms with Gasteiger partial charge in [-0.3, -0.25) is 0 Å². The summed E-state index contributed by atoms with van der Waals surface area (Å²) in [5.41, 5.74) is 6.73. The predicted molar refractivity (Wildman–Crippen MR) is 89.6 cm³/mol. The van der Waals surface area contributed by atoms with Crippen LogP contribution in [-0.4, -0.2) is 35.7 Å². The summed E-state index contributed by atoms with van der Waals surface area (Å²) in [6.07, 6.45) is 0.425. The number of amides is 1. The lowest BCUT2D eigenvalue weighted by Crippen LogP contribution is -2.49. The van der Waals surface area contributed by atoms with Crippen molar-refractivity contribution in [3.63, 3.8) is 0 Å². The third kappa shape index (κ3) is 4.28. The fraction of sp³-hybridized carbons (Fsp3) is 0.562. The third-order valence-corrected chi connectivity index (χ3v) is 4.43. The molecule has 6 heteroatoms. The Labute approximate surface area is 141 Å². The molecule has 1 amide bonds. The summed E-state index contributed by atoms with van der Waals surface area (Å²) < 4.78 is 5.44. The van der Waals surface area contributed by atoms with Crippen molar-refractivity contribution in [2.45, 2.75) is 44.8 Å². The van der Waals surface area contributed by atoms with E-state index in [0.717, 1.165) is 12.0 Å². The molecule has 0 aliphatic carbocycles. The number of carbonyl (C=O) groups is 1. The number of nitrogens with two attached hydrogens (primary N) is 1. The van der Waals surface area contributed by atoms with Crippen molar-refractivity contribution in [2.75, 3.05) is 13.1 Å². The largest absolute Gasteiger partial charge is 0.444 e. The van der Waals surface area contributed by atoms with E-state index in [1.165, 1.54) is 0 Å². The molecule has 4 nitrogen and oxygen atoms in total. The molecule has 2 atom stereocenters. The van der Waals surface area contributed by atoms with E-state index in [-0.39, 0.29) is 18.1 Å². The average Bonchev–Trinajstić information content (AvgIpc) is 2.40. The molecule has 1 aromatic carbocycles. The molecule has 2 N–H and O–H groups in total. The van der Waals surface area contributed by atoms with Crippen LogP contribution in [-0.2, 0) is 4.74 Å². The summed E-state index contributed by atoms with van der Waals surface area (Å²) in [5.74, 6) is 0.0241. The van der Waals surface area contributed by atoms with Crippen molar-refractivity contribution in [2.24, 2.45) is 5.73 Å². The number of rotatable bonds is 1. The Hall–Kier alpha value is -0.970. The van der Waals surface area contributed by atoms with Crippen LogP contribution in [0.15, 0.2) is 18.2 Å². The molecule has 1 aliphatic heterocycles. The number of hydrogen-bond donors (Lipinski definition) is 1. The van der Waals surface area contributed by atoms with Gasteiger partial charge < -0.3 is 15.4 Å². The number of ether oxygens (including phenoxy) is 1. The zero-order chi connectivity index (χ0) is 16.5. The van der Waals surface area contributed by atoms with Crippen LogP contribution in [0.4, 0.5) is 4.79 Å². The Morgan fingerprint density at radius 1 is 1.32 bits per heavy atom. The summed E-state index contributed by atoms with van der Waals surface area (Å²) >= 11 is 12.0. The lowest BCUT2D eigenvalue weighted by atomic mass is 9.87. The lowest BCUT2D eigenvalue weighted by Gasteiger charge is -2.37. The number of likely N-dealkylation sites (tertiary alicyclic amines) is 1. The Kier molecular flexibility index (Phi) is 5.25. The van der Waals surface area contributed by atoms with Crippen LogP contribution >= 0.6 is 23.2 Å². The van der Waals surface area contributed by atoms with E-state index in [1.807, 2.05) is 32.9 Å². The highest BCUT2D eigenvalue weighted by atomic mass is 35.5. The van der Waals surface area contributed by atoms with Crippen molar-refractivity contribution in [1.82, 2.24) is 4.90 Å². The standard InChI is InChI=1S/C16H22Cl2N2O2/c1-16(2,3)22-15(21)20-7-6-14(19)11(9-20)10-4-5-12(17)13(18)8-10/h4-5,8,11,14H,6-7,9,19H2,1-3H3/t11-,14?/m0/s1. The SMILES string of the molecule is CC(C)(C)OC(=O)N1CCC(N)[C@H](c2ccc(Cl)c(Cl)c2)C1. The zero-order valence-electron chi connectivity index (χ0n) is 13.1. The van der Waals surface area contributed by atoms with Crippen LogP contribution in [0.1, 0.15) is 38.7 Å². The number of nitrogens with zero attached hydrogens (tertiary/aromatic N) is 1.